The van der Waals surface area contributed by atoms with Crippen LogP contribution in [0.15, 0.2) is 54.6 Å². The Kier molecular flexibility index (Phi) is 5.60. The van der Waals surface area contributed by atoms with Crippen LogP contribution < -0.4 is 14.8 Å². The van der Waals surface area contributed by atoms with E-state index in [0.29, 0.717) is 18.0 Å². The summed E-state index contributed by atoms with van der Waals surface area (Å²) in [6.07, 6.45) is 3.25. The quantitative estimate of drug-likeness (QED) is 0.826. The third-order valence-electron chi connectivity index (χ3n) is 2.96. The highest BCUT2D eigenvalue weighted by atomic mass is 16.5. The van der Waals surface area contributed by atoms with Gasteiger partial charge in [-0.05, 0) is 42.8 Å². The molecule has 2 aromatic rings. The highest BCUT2D eigenvalue weighted by Crippen LogP contribution is 2.17. The van der Waals surface area contributed by atoms with Gasteiger partial charge < -0.3 is 14.8 Å². The van der Waals surface area contributed by atoms with Crippen molar-refractivity contribution < 1.29 is 14.3 Å². The van der Waals surface area contributed by atoms with Crippen LogP contribution >= 0.6 is 0 Å². The van der Waals surface area contributed by atoms with Crippen molar-refractivity contribution >= 4 is 17.7 Å². The minimum Gasteiger partial charge on any atom is -0.497 e. The number of carbonyl (C=O) groups is 1. The minimum absolute atomic E-state index is 0.192. The fraction of sp³-hybridized carbons (Fsp3) is 0.167. The van der Waals surface area contributed by atoms with E-state index in [-0.39, 0.29) is 5.91 Å². The van der Waals surface area contributed by atoms with Gasteiger partial charge in [0, 0.05) is 17.8 Å². The van der Waals surface area contributed by atoms with Gasteiger partial charge in [0.15, 0.2) is 0 Å². The number of carbonyl (C=O) groups excluding carboxylic acids is 1. The number of rotatable bonds is 6. The molecule has 0 aromatic heterocycles. The molecule has 0 bridgehead atoms. The first-order valence-electron chi connectivity index (χ1n) is 7.07. The van der Waals surface area contributed by atoms with Gasteiger partial charge >= 0.3 is 0 Å². The van der Waals surface area contributed by atoms with E-state index < -0.39 is 0 Å². The maximum absolute atomic E-state index is 11.9. The molecule has 1 amide bonds. The summed E-state index contributed by atoms with van der Waals surface area (Å²) in [5.41, 5.74) is 1.63. The summed E-state index contributed by atoms with van der Waals surface area (Å²) in [7, 11) is 1.59. The smallest absolute Gasteiger partial charge is 0.248 e. The number of hydrogen-bond donors (Lipinski definition) is 1. The number of ether oxygens (including phenoxy) is 2. The second kappa shape index (κ2) is 7.88. The summed E-state index contributed by atoms with van der Waals surface area (Å²) < 4.78 is 10.5. The fourth-order valence-electron chi connectivity index (χ4n) is 1.90. The molecule has 1 N–H and O–H groups in total. The molecule has 2 rings (SSSR count). The van der Waals surface area contributed by atoms with Crippen LogP contribution in [0.4, 0.5) is 5.69 Å². The van der Waals surface area contributed by atoms with Crippen molar-refractivity contribution in [3.8, 4) is 11.5 Å². The van der Waals surface area contributed by atoms with Crippen molar-refractivity contribution in [2.24, 2.45) is 0 Å². The highest BCUT2D eigenvalue weighted by molar-refractivity contribution is 6.02. The summed E-state index contributed by atoms with van der Waals surface area (Å²) >= 11 is 0. The van der Waals surface area contributed by atoms with Crippen LogP contribution in [0.1, 0.15) is 12.5 Å². The van der Waals surface area contributed by atoms with Crippen LogP contribution in [-0.2, 0) is 4.79 Å². The van der Waals surface area contributed by atoms with Gasteiger partial charge in [0.2, 0.25) is 5.91 Å². The molecule has 0 saturated heterocycles. The number of benzene rings is 2. The highest BCUT2D eigenvalue weighted by Gasteiger charge is 1.99. The van der Waals surface area contributed by atoms with E-state index in [9.17, 15) is 4.79 Å². The van der Waals surface area contributed by atoms with Gasteiger partial charge in [0.05, 0.1) is 13.7 Å². The zero-order valence-corrected chi connectivity index (χ0v) is 12.7. The standard InChI is InChI=1S/C18H19NO3/c1-3-22-16-10-7-14(8-11-16)9-12-18(20)19-15-5-4-6-17(13-15)21-2/h4-13H,3H2,1-2H3,(H,19,20)/b12-9+. The van der Waals surface area contributed by atoms with E-state index in [1.165, 1.54) is 6.08 Å². The monoisotopic (exact) mass is 297 g/mol. The van der Waals surface area contributed by atoms with Crippen molar-refractivity contribution in [2.45, 2.75) is 6.92 Å². The van der Waals surface area contributed by atoms with Crippen LogP contribution in [0, 0.1) is 0 Å². The van der Waals surface area contributed by atoms with E-state index >= 15 is 0 Å². The molecule has 0 unspecified atom stereocenters. The number of amides is 1. The first kappa shape index (κ1) is 15.6. The van der Waals surface area contributed by atoms with E-state index in [1.807, 2.05) is 49.4 Å². The van der Waals surface area contributed by atoms with Crippen LogP contribution in [0.5, 0.6) is 11.5 Å². The first-order valence-corrected chi connectivity index (χ1v) is 7.07. The Morgan fingerprint density at radius 3 is 2.59 bits per heavy atom. The van der Waals surface area contributed by atoms with E-state index in [2.05, 4.69) is 5.32 Å². The third-order valence-corrected chi connectivity index (χ3v) is 2.96. The lowest BCUT2D eigenvalue weighted by molar-refractivity contribution is -0.111. The predicted octanol–water partition coefficient (Wildman–Crippen LogP) is 3.75. The van der Waals surface area contributed by atoms with Crippen molar-refractivity contribution in [2.75, 3.05) is 19.0 Å². The average molecular weight is 297 g/mol. The Labute approximate surface area is 130 Å². The molecule has 0 spiro atoms. The molecule has 0 atom stereocenters. The van der Waals surface area contributed by atoms with Crippen LogP contribution in [0.3, 0.4) is 0 Å². The zero-order chi connectivity index (χ0) is 15.8. The molecule has 22 heavy (non-hydrogen) atoms. The van der Waals surface area contributed by atoms with Crippen molar-refractivity contribution in [3.05, 3.63) is 60.2 Å². The second-order valence-electron chi connectivity index (χ2n) is 4.56. The Bertz CT molecular complexity index is 648. The zero-order valence-electron chi connectivity index (χ0n) is 12.7. The SMILES string of the molecule is CCOc1ccc(/C=C/C(=O)Nc2cccc(OC)c2)cc1. The Morgan fingerprint density at radius 1 is 1.14 bits per heavy atom. The molecular formula is C18H19NO3. The van der Waals surface area contributed by atoms with Gasteiger partial charge in [-0.25, -0.2) is 0 Å². The predicted molar refractivity (Wildman–Crippen MR) is 88.3 cm³/mol. The Balaban J connectivity index is 1.95. The lowest BCUT2D eigenvalue weighted by Crippen LogP contribution is -2.07. The number of nitrogens with one attached hydrogen (secondary N) is 1. The number of methoxy groups -OCH3 is 1. The Morgan fingerprint density at radius 2 is 1.91 bits per heavy atom. The topological polar surface area (TPSA) is 47.6 Å². The second-order valence-corrected chi connectivity index (χ2v) is 4.56. The van der Waals surface area contributed by atoms with Gasteiger partial charge in [-0.2, -0.15) is 0 Å². The molecule has 0 aliphatic carbocycles. The molecule has 0 heterocycles. The first-order chi connectivity index (χ1) is 10.7. The maximum Gasteiger partial charge on any atom is 0.248 e. The molecule has 0 aliphatic rings. The maximum atomic E-state index is 11.9. The van der Waals surface area contributed by atoms with Gasteiger partial charge in [0.25, 0.3) is 0 Å². The van der Waals surface area contributed by atoms with Gasteiger partial charge in [-0.3, -0.25) is 4.79 Å². The van der Waals surface area contributed by atoms with Gasteiger partial charge in [-0.1, -0.05) is 18.2 Å². The Hall–Kier alpha value is -2.75. The molecule has 114 valence electrons. The van der Waals surface area contributed by atoms with Crippen molar-refractivity contribution in [1.82, 2.24) is 0 Å². The van der Waals surface area contributed by atoms with Crippen molar-refractivity contribution in [3.63, 3.8) is 0 Å². The van der Waals surface area contributed by atoms with Crippen LogP contribution in [0.2, 0.25) is 0 Å². The summed E-state index contributed by atoms with van der Waals surface area (Å²) in [6.45, 7) is 2.58. The van der Waals surface area contributed by atoms with Crippen molar-refractivity contribution in [1.29, 1.82) is 0 Å². The lowest BCUT2D eigenvalue weighted by atomic mass is 10.2. The van der Waals surface area contributed by atoms with E-state index in [0.717, 1.165) is 11.3 Å². The largest absolute Gasteiger partial charge is 0.497 e. The molecule has 2 aromatic carbocycles. The molecule has 0 aliphatic heterocycles. The van der Waals surface area contributed by atoms with Crippen LogP contribution in [-0.4, -0.2) is 19.6 Å². The molecule has 4 heteroatoms. The number of hydrogen-bond acceptors (Lipinski definition) is 3. The van der Waals surface area contributed by atoms with Gasteiger partial charge in [-0.15, -0.1) is 0 Å². The van der Waals surface area contributed by atoms with Crippen LogP contribution in [0.25, 0.3) is 6.08 Å². The van der Waals surface area contributed by atoms with Gasteiger partial charge in [0.1, 0.15) is 11.5 Å². The third kappa shape index (κ3) is 4.66. The summed E-state index contributed by atoms with van der Waals surface area (Å²) in [5, 5.41) is 2.79. The number of anilines is 1. The fourth-order valence-corrected chi connectivity index (χ4v) is 1.90. The molecule has 0 radical (unpaired) electrons. The summed E-state index contributed by atoms with van der Waals surface area (Å²) in [4.78, 5) is 11.9. The average Bonchev–Trinajstić information content (AvgIpc) is 2.55. The minimum atomic E-state index is -0.192. The summed E-state index contributed by atoms with van der Waals surface area (Å²) in [5.74, 6) is 1.33. The van der Waals surface area contributed by atoms with E-state index in [4.69, 9.17) is 9.47 Å². The van der Waals surface area contributed by atoms with E-state index in [1.54, 1.807) is 19.3 Å². The summed E-state index contributed by atoms with van der Waals surface area (Å²) in [6, 6.07) is 14.8. The molecule has 0 saturated carbocycles. The molecule has 0 fully saturated rings. The molecule has 4 nitrogen and oxygen atoms in total. The normalized spacial score (nSPS) is 10.5. The lowest BCUT2D eigenvalue weighted by Gasteiger charge is -2.05. The molecular weight excluding hydrogens is 278 g/mol.